The fraction of sp³-hybridized carbons (Fsp3) is 0.400. The van der Waals surface area contributed by atoms with Gasteiger partial charge < -0.3 is 0 Å². The summed E-state index contributed by atoms with van der Waals surface area (Å²) in [4.78, 5) is 4.21. The first-order valence-corrected chi connectivity index (χ1v) is 4.14. The van der Waals surface area contributed by atoms with E-state index in [-0.39, 0.29) is 0 Å². The highest BCUT2D eigenvalue weighted by molar-refractivity contribution is 5.29. The first-order chi connectivity index (χ1) is 5.77. The van der Waals surface area contributed by atoms with Crippen molar-refractivity contribution in [2.24, 2.45) is 0 Å². The minimum absolute atomic E-state index is 0.443. The fourth-order valence-electron chi connectivity index (χ4n) is 0.997. The summed E-state index contributed by atoms with van der Waals surface area (Å²) in [7, 11) is 0. The number of hydrogen-bond donors (Lipinski definition) is 0. The van der Waals surface area contributed by atoms with Crippen LogP contribution in [0.1, 0.15) is 37.4 Å². The third-order valence-electron chi connectivity index (χ3n) is 2.03. The standard InChI is InChI=1S/C10H12N2/c1-3-8(2)10-6-9(7-11)4-5-12-10/h4-6,8H,3H2,1-2H3. The molecular weight excluding hydrogens is 148 g/mol. The highest BCUT2D eigenvalue weighted by atomic mass is 14.7. The lowest BCUT2D eigenvalue weighted by Gasteiger charge is -2.06. The molecule has 0 aliphatic carbocycles. The van der Waals surface area contributed by atoms with E-state index < -0.39 is 0 Å². The SMILES string of the molecule is CCC(C)c1cc(C#N)ccn1. The van der Waals surface area contributed by atoms with Crippen LogP contribution in [0.3, 0.4) is 0 Å². The summed E-state index contributed by atoms with van der Waals surface area (Å²) in [6, 6.07) is 5.69. The molecular formula is C10H12N2. The Hall–Kier alpha value is -1.36. The molecule has 0 bridgehead atoms. The van der Waals surface area contributed by atoms with Gasteiger partial charge in [0.2, 0.25) is 0 Å². The Morgan fingerprint density at radius 2 is 2.42 bits per heavy atom. The van der Waals surface area contributed by atoms with Crippen molar-refractivity contribution in [2.75, 3.05) is 0 Å². The summed E-state index contributed by atoms with van der Waals surface area (Å²) in [6.45, 7) is 4.23. The Morgan fingerprint density at radius 1 is 1.67 bits per heavy atom. The van der Waals surface area contributed by atoms with Gasteiger partial charge in [0, 0.05) is 11.9 Å². The van der Waals surface area contributed by atoms with E-state index in [9.17, 15) is 0 Å². The van der Waals surface area contributed by atoms with E-state index >= 15 is 0 Å². The molecule has 12 heavy (non-hydrogen) atoms. The van der Waals surface area contributed by atoms with E-state index in [1.165, 1.54) is 0 Å². The number of nitrogens with zero attached hydrogens (tertiary/aromatic N) is 2. The average molecular weight is 160 g/mol. The van der Waals surface area contributed by atoms with Gasteiger partial charge in [0.25, 0.3) is 0 Å². The Balaban J connectivity index is 2.95. The second kappa shape index (κ2) is 3.87. The van der Waals surface area contributed by atoms with Crippen molar-refractivity contribution < 1.29 is 0 Å². The quantitative estimate of drug-likeness (QED) is 0.666. The van der Waals surface area contributed by atoms with Gasteiger partial charge >= 0.3 is 0 Å². The Bertz CT molecular complexity index is 299. The average Bonchev–Trinajstić information content (AvgIpc) is 2.17. The summed E-state index contributed by atoms with van der Waals surface area (Å²) >= 11 is 0. The molecule has 1 aromatic rings. The topological polar surface area (TPSA) is 36.7 Å². The maximum atomic E-state index is 8.64. The van der Waals surface area contributed by atoms with Crippen molar-refractivity contribution in [2.45, 2.75) is 26.2 Å². The number of hydrogen-bond acceptors (Lipinski definition) is 2. The zero-order valence-electron chi connectivity index (χ0n) is 7.41. The molecule has 1 rings (SSSR count). The molecule has 0 spiro atoms. The monoisotopic (exact) mass is 160 g/mol. The summed E-state index contributed by atoms with van der Waals surface area (Å²) < 4.78 is 0. The van der Waals surface area contributed by atoms with Gasteiger partial charge in [-0.15, -0.1) is 0 Å². The van der Waals surface area contributed by atoms with Crippen LogP contribution in [-0.4, -0.2) is 4.98 Å². The third-order valence-corrected chi connectivity index (χ3v) is 2.03. The summed E-state index contributed by atoms with van der Waals surface area (Å²) in [6.07, 6.45) is 2.75. The van der Waals surface area contributed by atoms with Gasteiger partial charge in [-0.05, 0) is 24.5 Å². The van der Waals surface area contributed by atoms with Gasteiger partial charge in [0.1, 0.15) is 0 Å². The van der Waals surface area contributed by atoms with Crippen LogP contribution < -0.4 is 0 Å². The third kappa shape index (κ3) is 1.82. The molecule has 1 atom stereocenters. The van der Waals surface area contributed by atoms with Crippen LogP contribution >= 0.6 is 0 Å². The van der Waals surface area contributed by atoms with Crippen LogP contribution in [0, 0.1) is 11.3 Å². The zero-order chi connectivity index (χ0) is 8.97. The van der Waals surface area contributed by atoms with E-state index in [0.29, 0.717) is 11.5 Å². The number of pyridine rings is 1. The van der Waals surface area contributed by atoms with Crippen molar-refractivity contribution in [3.05, 3.63) is 29.6 Å². The predicted octanol–water partition coefficient (Wildman–Crippen LogP) is 2.47. The van der Waals surface area contributed by atoms with Crippen LogP contribution in [0.5, 0.6) is 0 Å². The normalized spacial score (nSPS) is 12.1. The second-order valence-electron chi connectivity index (χ2n) is 2.89. The number of rotatable bonds is 2. The summed E-state index contributed by atoms with van der Waals surface area (Å²) in [5, 5.41) is 8.64. The molecule has 0 saturated heterocycles. The van der Waals surface area contributed by atoms with Crippen molar-refractivity contribution in [3.8, 4) is 6.07 Å². The van der Waals surface area contributed by atoms with Gasteiger partial charge in [0.05, 0.1) is 11.6 Å². The second-order valence-corrected chi connectivity index (χ2v) is 2.89. The largest absolute Gasteiger partial charge is 0.261 e. The fourth-order valence-corrected chi connectivity index (χ4v) is 0.997. The van der Waals surface area contributed by atoms with Crippen molar-refractivity contribution in [1.82, 2.24) is 4.98 Å². The van der Waals surface area contributed by atoms with Crippen LogP contribution in [-0.2, 0) is 0 Å². The van der Waals surface area contributed by atoms with Crippen molar-refractivity contribution in [1.29, 1.82) is 5.26 Å². The minimum atomic E-state index is 0.443. The maximum absolute atomic E-state index is 8.64. The molecule has 1 aromatic heterocycles. The highest BCUT2D eigenvalue weighted by Crippen LogP contribution is 2.16. The summed E-state index contributed by atoms with van der Waals surface area (Å²) in [5.74, 6) is 0.443. The van der Waals surface area contributed by atoms with Crippen molar-refractivity contribution >= 4 is 0 Å². The molecule has 0 fully saturated rings. The number of nitriles is 1. The first-order valence-electron chi connectivity index (χ1n) is 4.14. The summed E-state index contributed by atoms with van der Waals surface area (Å²) in [5.41, 5.74) is 1.71. The molecule has 2 nitrogen and oxygen atoms in total. The molecule has 1 unspecified atom stereocenters. The zero-order valence-corrected chi connectivity index (χ0v) is 7.41. The predicted molar refractivity (Wildman–Crippen MR) is 47.7 cm³/mol. The minimum Gasteiger partial charge on any atom is -0.261 e. The molecule has 1 heterocycles. The van der Waals surface area contributed by atoms with Crippen LogP contribution in [0.25, 0.3) is 0 Å². The van der Waals surface area contributed by atoms with E-state index in [4.69, 9.17) is 5.26 Å². The van der Waals surface area contributed by atoms with Gasteiger partial charge in [-0.25, -0.2) is 0 Å². The van der Waals surface area contributed by atoms with E-state index in [0.717, 1.165) is 12.1 Å². The smallest absolute Gasteiger partial charge is 0.0992 e. The van der Waals surface area contributed by atoms with Gasteiger partial charge in [-0.1, -0.05) is 13.8 Å². The Kier molecular flexibility index (Phi) is 2.82. The molecule has 0 aliphatic heterocycles. The van der Waals surface area contributed by atoms with E-state index in [2.05, 4.69) is 24.9 Å². The van der Waals surface area contributed by atoms with Gasteiger partial charge in [-0.2, -0.15) is 5.26 Å². The molecule has 0 saturated carbocycles. The highest BCUT2D eigenvalue weighted by Gasteiger charge is 2.03. The molecule has 2 heteroatoms. The Labute approximate surface area is 72.9 Å². The van der Waals surface area contributed by atoms with Crippen LogP contribution in [0.2, 0.25) is 0 Å². The molecule has 0 aromatic carbocycles. The maximum Gasteiger partial charge on any atom is 0.0992 e. The molecule has 0 N–H and O–H groups in total. The Morgan fingerprint density at radius 3 is 3.00 bits per heavy atom. The lowest BCUT2D eigenvalue weighted by Crippen LogP contribution is -1.95. The molecule has 0 amide bonds. The number of aromatic nitrogens is 1. The van der Waals surface area contributed by atoms with Gasteiger partial charge in [0.15, 0.2) is 0 Å². The first kappa shape index (κ1) is 8.73. The molecule has 62 valence electrons. The van der Waals surface area contributed by atoms with Gasteiger partial charge in [-0.3, -0.25) is 4.98 Å². The molecule has 0 aliphatic rings. The van der Waals surface area contributed by atoms with Crippen molar-refractivity contribution in [3.63, 3.8) is 0 Å². The lowest BCUT2D eigenvalue weighted by molar-refractivity contribution is 0.708. The molecule has 0 radical (unpaired) electrons. The van der Waals surface area contributed by atoms with E-state index in [1.807, 2.05) is 6.07 Å². The lowest BCUT2D eigenvalue weighted by atomic mass is 10.0. The van der Waals surface area contributed by atoms with Crippen LogP contribution in [0.15, 0.2) is 18.3 Å². The van der Waals surface area contributed by atoms with E-state index in [1.54, 1.807) is 12.3 Å². The van der Waals surface area contributed by atoms with Crippen LogP contribution in [0.4, 0.5) is 0 Å².